The molecule has 2 aliphatic carbocycles. The van der Waals surface area contributed by atoms with Gasteiger partial charge in [0.05, 0.1) is 11.2 Å². The van der Waals surface area contributed by atoms with Crippen LogP contribution in [0, 0.1) is 5.92 Å². The maximum atomic E-state index is 13.3. The summed E-state index contributed by atoms with van der Waals surface area (Å²) < 4.78 is 0. The fraction of sp³-hybridized carbons (Fsp3) is 0.500. The lowest BCUT2D eigenvalue weighted by molar-refractivity contribution is -0.120. The number of likely N-dealkylation sites (tertiary alicyclic amines) is 1. The summed E-state index contributed by atoms with van der Waals surface area (Å²) in [6.45, 7) is 0. The topological polar surface area (TPSA) is 62.3 Å². The molecular weight excluding hydrogens is 370 g/mol. The SMILES string of the molecule is O=C(Nc1scnc1C1CC1)[C@@H]1C[C@@H]2CCCC[C@@H]2N1C(=O)c1ccccc1. The van der Waals surface area contributed by atoms with Crippen LogP contribution in [0.25, 0.3) is 0 Å². The van der Waals surface area contributed by atoms with Crippen LogP contribution in [0.4, 0.5) is 5.00 Å². The summed E-state index contributed by atoms with van der Waals surface area (Å²) in [5.74, 6) is 0.864. The van der Waals surface area contributed by atoms with Gasteiger partial charge < -0.3 is 10.2 Å². The van der Waals surface area contributed by atoms with Gasteiger partial charge in [-0.2, -0.15) is 0 Å². The van der Waals surface area contributed by atoms with Gasteiger partial charge in [0.15, 0.2) is 0 Å². The lowest BCUT2D eigenvalue weighted by Gasteiger charge is -2.33. The molecule has 1 aromatic carbocycles. The zero-order valence-electron chi connectivity index (χ0n) is 15.8. The first-order valence-corrected chi connectivity index (χ1v) is 11.2. The molecule has 5 nitrogen and oxygen atoms in total. The molecule has 0 bridgehead atoms. The van der Waals surface area contributed by atoms with E-state index in [1.807, 2.05) is 40.7 Å². The zero-order valence-corrected chi connectivity index (χ0v) is 16.7. The Balaban J connectivity index is 1.41. The van der Waals surface area contributed by atoms with Crippen molar-refractivity contribution in [2.45, 2.75) is 62.9 Å². The number of fused-ring (bicyclic) bond motifs is 1. The molecule has 146 valence electrons. The highest BCUT2D eigenvalue weighted by Gasteiger charge is 2.47. The summed E-state index contributed by atoms with van der Waals surface area (Å²) in [6, 6.07) is 9.17. The molecular formula is C22H25N3O2S. The minimum atomic E-state index is -0.394. The summed E-state index contributed by atoms with van der Waals surface area (Å²) in [5.41, 5.74) is 3.50. The summed E-state index contributed by atoms with van der Waals surface area (Å²) in [4.78, 5) is 33.0. The maximum Gasteiger partial charge on any atom is 0.254 e. The molecule has 2 aromatic rings. The normalized spacial score (nSPS) is 26.7. The average Bonchev–Trinajstić information content (AvgIpc) is 3.34. The third-order valence-corrected chi connectivity index (χ3v) is 7.20. The number of thiazole rings is 1. The molecule has 0 unspecified atom stereocenters. The predicted octanol–water partition coefficient (Wildman–Crippen LogP) is 4.43. The van der Waals surface area contributed by atoms with Crippen LogP contribution in [0.2, 0.25) is 0 Å². The molecule has 1 saturated heterocycles. The molecule has 2 amide bonds. The second-order valence-corrected chi connectivity index (χ2v) is 9.13. The number of nitrogens with one attached hydrogen (secondary N) is 1. The highest BCUT2D eigenvalue weighted by molar-refractivity contribution is 7.14. The molecule has 3 atom stereocenters. The Morgan fingerprint density at radius 1 is 1.07 bits per heavy atom. The van der Waals surface area contributed by atoms with E-state index in [-0.39, 0.29) is 17.9 Å². The van der Waals surface area contributed by atoms with Crippen molar-refractivity contribution in [3.05, 3.63) is 47.1 Å². The number of carbonyl (C=O) groups is 2. The van der Waals surface area contributed by atoms with Crippen LogP contribution < -0.4 is 5.32 Å². The summed E-state index contributed by atoms with van der Waals surface area (Å²) >= 11 is 1.49. The summed E-state index contributed by atoms with van der Waals surface area (Å²) in [5, 5.41) is 3.99. The van der Waals surface area contributed by atoms with E-state index in [1.54, 1.807) is 0 Å². The highest BCUT2D eigenvalue weighted by atomic mass is 32.1. The average molecular weight is 396 g/mol. The fourth-order valence-electron chi connectivity index (χ4n) is 4.91. The van der Waals surface area contributed by atoms with Crippen molar-refractivity contribution in [3.8, 4) is 0 Å². The molecule has 0 spiro atoms. The number of aromatic nitrogens is 1. The smallest absolute Gasteiger partial charge is 0.254 e. The van der Waals surface area contributed by atoms with Crippen molar-refractivity contribution in [2.24, 2.45) is 5.92 Å². The van der Waals surface area contributed by atoms with E-state index in [4.69, 9.17) is 0 Å². The predicted molar refractivity (Wildman–Crippen MR) is 109 cm³/mol. The number of hydrogen-bond donors (Lipinski definition) is 1. The number of carbonyl (C=O) groups excluding carboxylic acids is 2. The van der Waals surface area contributed by atoms with Crippen LogP contribution >= 0.6 is 11.3 Å². The van der Waals surface area contributed by atoms with E-state index < -0.39 is 6.04 Å². The van der Waals surface area contributed by atoms with Gasteiger partial charge in [-0.1, -0.05) is 31.0 Å². The minimum absolute atomic E-state index is 0.0122. The fourth-order valence-corrected chi connectivity index (χ4v) is 5.68. The zero-order chi connectivity index (χ0) is 19.1. The molecule has 3 fully saturated rings. The number of nitrogens with zero attached hydrogens (tertiary/aromatic N) is 2. The van der Waals surface area contributed by atoms with Crippen molar-refractivity contribution in [2.75, 3.05) is 5.32 Å². The number of benzene rings is 1. The molecule has 3 aliphatic rings. The molecule has 0 radical (unpaired) electrons. The highest BCUT2D eigenvalue weighted by Crippen LogP contribution is 2.45. The van der Waals surface area contributed by atoms with Gasteiger partial charge in [-0.3, -0.25) is 9.59 Å². The first kappa shape index (κ1) is 17.9. The van der Waals surface area contributed by atoms with Gasteiger partial charge in [-0.25, -0.2) is 4.98 Å². The van der Waals surface area contributed by atoms with Gasteiger partial charge >= 0.3 is 0 Å². The van der Waals surface area contributed by atoms with E-state index in [1.165, 1.54) is 17.8 Å². The van der Waals surface area contributed by atoms with Gasteiger partial charge in [0.25, 0.3) is 5.91 Å². The van der Waals surface area contributed by atoms with Crippen molar-refractivity contribution in [1.82, 2.24) is 9.88 Å². The van der Waals surface area contributed by atoms with E-state index in [9.17, 15) is 9.59 Å². The Morgan fingerprint density at radius 2 is 1.86 bits per heavy atom. The Labute approximate surface area is 169 Å². The summed E-state index contributed by atoms with van der Waals surface area (Å²) in [6.07, 6.45) is 7.52. The van der Waals surface area contributed by atoms with E-state index in [0.717, 1.165) is 49.2 Å². The lowest BCUT2D eigenvalue weighted by atomic mass is 9.84. The van der Waals surface area contributed by atoms with Crippen molar-refractivity contribution in [3.63, 3.8) is 0 Å². The Kier molecular flexibility index (Phi) is 4.67. The number of hydrogen-bond acceptors (Lipinski definition) is 4. The van der Waals surface area contributed by atoms with Crippen molar-refractivity contribution in [1.29, 1.82) is 0 Å². The van der Waals surface area contributed by atoms with E-state index in [0.29, 0.717) is 17.4 Å². The van der Waals surface area contributed by atoms with Gasteiger partial charge in [0.2, 0.25) is 5.91 Å². The van der Waals surface area contributed by atoms with Crippen LogP contribution in [0.5, 0.6) is 0 Å². The van der Waals surface area contributed by atoms with Crippen LogP contribution in [0.1, 0.15) is 66.9 Å². The molecule has 2 heterocycles. The van der Waals surface area contributed by atoms with E-state index in [2.05, 4.69) is 10.3 Å². The van der Waals surface area contributed by atoms with Crippen molar-refractivity contribution >= 4 is 28.2 Å². The molecule has 1 aromatic heterocycles. The molecule has 2 saturated carbocycles. The Bertz CT molecular complexity index is 877. The van der Waals surface area contributed by atoms with Gasteiger partial charge in [0.1, 0.15) is 11.0 Å². The van der Waals surface area contributed by atoms with Crippen LogP contribution in [-0.4, -0.2) is 33.8 Å². The maximum absolute atomic E-state index is 13.3. The first-order chi connectivity index (χ1) is 13.7. The largest absolute Gasteiger partial charge is 0.323 e. The number of anilines is 1. The first-order valence-electron chi connectivity index (χ1n) is 10.3. The molecule has 1 aliphatic heterocycles. The second-order valence-electron chi connectivity index (χ2n) is 8.27. The van der Waals surface area contributed by atoms with Gasteiger partial charge in [0, 0.05) is 17.5 Å². The molecule has 28 heavy (non-hydrogen) atoms. The molecule has 5 rings (SSSR count). The molecule has 6 heteroatoms. The van der Waals surface area contributed by atoms with Gasteiger partial charge in [-0.15, -0.1) is 11.3 Å². The quantitative estimate of drug-likeness (QED) is 0.833. The minimum Gasteiger partial charge on any atom is -0.323 e. The van der Waals surface area contributed by atoms with Crippen LogP contribution in [0.15, 0.2) is 35.8 Å². The second kappa shape index (κ2) is 7.32. The monoisotopic (exact) mass is 395 g/mol. The third-order valence-electron chi connectivity index (χ3n) is 6.44. The Hall–Kier alpha value is -2.21. The summed E-state index contributed by atoms with van der Waals surface area (Å²) in [7, 11) is 0. The third kappa shape index (κ3) is 3.24. The van der Waals surface area contributed by atoms with Gasteiger partial charge in [-0.05, 0) is 50.2 Å². The van der Waals surface area contributed by atoms with Crippen molar-refractivity contribution < 1.29 is 9.59 Å². The van der Waals surface area contributed by atoms with E-state index >= 15 is 0 Å². The van der Waals surface area contributed by atoms with Crippen LogP contribution in [0.3, 0.4) is 0 Å². The van der Waals surface area contributed by atoms with Crippen LogP contribution in [-0.2, 0) is 4.79 Å². The lowest BCUT2D eigenvalue weighted by Crippen LogP contribution is -2.47. The number of amides is 2. The standard InChI is InChI=1S/C22H25N3O2S/c26-20(24-21-19(14-10-11-14)23-13-28-21)18-12-16-8-4-5-9-17(16)25(18)22(27)15-6-2-1-3-7-15/h1-3,6-7,13-14,16-18H,4-5,8-12H2,(H,24,26)/t16-,17-,18-/m0/s1. The molecule has 1 N–H and O–H groups in total. The number of rotatable bonds is 4. The Morgan fingerprint density at radius 3 is 2.64 bits per heavy atom.